The molecule has 0 bridgehead atoms. The van der Waals surface area contributed by atoms with Crippen LogP contribution >= 0.6 is 11.3 Å². The van der Waals surface area contributed by atoms with Crippen LogP contribution in [0.2, 0.25) is 0 Å². The molecule has 1 amide bonds. The summed E-state index contributed by atoms with van der Waals surface area (Å²) < 4.78 is 5.23. The maximum Gasteiger partial charge on any atom is 0.323 e. The quantitative estimate of drug-likeness (QED) is 0.912. The van der Waals surface area contributed by atoms with Crippen LogP contribution in [-0.4, -0.2) is 39.5 Å². The summed E-state index contributed by atoms with van der Waals surface area (Å²) in [5.41, 5.74) is 0.273. The lowest BCUT2D eigenvalue weighted by Crippen LogP contribution is -2.37. The molecule has 2 heterocycles. The van der Waals surface area contributed by atoms with E-state index in [4.69, 9.17) is 9.52 Å². The van der Waals surface area contributed by atoms with E-state index in [0.29, 0.717) is 10.8 Å². The van der Waals surface area contributed by atoms with Gasteiger partial charge in [0.15, 0.2) is 10.8 Å². The molecule has 1 aliphatic rings. The Hall–Kier alpha value is -2.15. The van der Waals surface area contributed by atoms with Crippen molar-refractivity contribution in [2.24, 2.45) is 0 Å². The topological polar surface area (TPSA) is 83.6 Å². The number of carbonyl (C=O) groups is 2. The first-order valence-corrected chi connectivity index (χ1v) is 7.05. The molecule has 7 heteroatoms. The van der Waals surface area contributed by atoms with Crippen LogP contribution in [0.5, 0.6) is 0 Å². The number of aliphatic carboxylic acids is 1. The average Bonchev–Trinajstić information content (AvgIpc) is 2.94. The maximum absolute atomic E-state index is 12.3. The average molecular weight is 292 g/mol. The monoisotopic (exact) mass is 292 g/mol. The molecule has 2 aromatic rings. The van der Waals surface area contributed by atoms with Crippen molar-refractivity contribution in [3.8, 4) is 10.8 Å². The first-order chi connectivity index (χ1) is 9.65. The van der Waals surface area contributed by atoms with Crippen LogP contribution < -0.4 is 0 Å². The fourth-order valence-electron chi connectivity index (χ4n) is 1.93. The summed E-state index contributed by atoms with van der Waals surface area (Å²) in [6.07, 6.45) is 3.25. The van der Waals surface area contributed by atoms with Gasteiger partial charge in [0.05, 0.1) is 6.26 Å². The fourth-order valence-corrected chi connectivity index (χ4v) is 2.69. The van der Waals surface area contributed by atoms with Gasteiger partial charge in [-0.05, 0) is 25.0 Å². The minimum absolute atomic E-state index is 0.0346. The van der Waals surface area contributed by atoms with Crippen molar-refractivity contribution in [3.63, 3.8) is 0 Å². The number of rotatable bonds is 5. The van der Waals surface area contributed by atoms with Crippen molar-refractivity contribution < 1.29 is 19.1 Å². The third kappa shape index (κ3) is 2.57. The summed E-state index contributed by atoms with van der Waals surface area (Å²) >= 11 is 1.30. The van der Waals surface area contributed by atoms with Crippen LogP contribution in [0, 0.1) is 0 Å². The molecular weight excluding hydrogens is 280 g/mol. The summed E-state index contributed by atoms with van der Waals surface area (Å²) in [5, 5.41) is 11.1. The minimum Gasteiger partial charge on any atom is -0.480 e. The molecule has 104 valence electrons. The zero-order valence-corrected chi connectivity index (χ0v) is 11.3. The maximum atomic E-state index is 12.3. The second kappa shape index (κ2) is 5.09. The molecule has 0 radical (unpaired) electrons. The Morgan fingerprint density at radius 2 is 2.30 bits per heavy atom. The van der Waals surface area contributed by atoms with Gasteiger partial charge in [-0.3, -0.25) is 9.59 Å². The molecule has 1 fully saturated rings. The van der Waals surface area contributed by atoms with Gasteiger partial charge in [-0.25, -0.2) is 4.98 Å². The van der Waals surface area contributed by atoms with Crippen LogP contribution in [-0.2, 0) is 4.79 Å². The molecule has 0 aliphatic heterocycles. The molecule has 3 rings (SSSR count). The third-order valence-electron chi connectivity index (χ3n) is 3.01. The van der Waals surface area contributed by atoms with Crippen LogP contribution in [0.25, 0.3) is 10.8 Å². The molecule has 0 unspecified atom stereocenters. The Kier molecular flexibility index (Phi) is 3.27. The van der Waals surface area contributed by atoms with E-state index in [1.165, 1.54) is 16.2 Å². The number of hydrogen-bond donors (Lipinski definition) is 1. The van der Waals surface area contributed by atoms with E-state index < -0.39 is 5.97 Å². The number of amides is 1. The van der Waals surface area contributed by atoms with E-state index in [2.05, 4.69) is 4.98 Å². The van der Waals surface area contributed by atoms with Crippen LogP contribution in [0.1, 0.15) is 23.3 Å². The first kappa shape index (κ1) is 12.9. The van der Waals surface area contributed by atoms with Crippen molar-refractivity contribution in [1.29, 1.82) is 0 Å². The fraction of sp³-hybridized carbons (Fsp3) is 0.308. The largest absolute Gasteiger partial charge is 0.480 e. The van der Waals surface area contributed by atoms with Gasteiger partial charge in [-0.2, -0.15) is 0 Å². The molecule has 0 aromatic carbocycles. The third-order valence-corrected chi connectivity index (χ3v) is 3.87. The zero-order valence-electron chi connectivity index (χ0n) is 10.5. The van der Waals surface area contributed by atoms with E-state index in [1.807, 2.05) is 0 Å². The van der Waals surface area contributed by atoms with Crippen molar-refractivity contribution in [2.75, 3.05) is 6.54 Å². The van der Waals surface area contributed by atoms with E-state index in [0.717, 1.165) is 12.8 Å². The normalized spacial score (nSPS) is 14.2. The Morgan fingerprint density at radius 3 is 2.90 bits per heavy atom. The smallest absolute Gasteiger partial charge is 0.323 e. The summed E-state index contributed by atoms with van der Waals surface area (Å²) in [7, 11) is 0. The lowest BCUT2D eigenvalue weighted by molar-refractivity contribution is -0.137. The summed E-state index contributed by atoms with van der Waals surface area (Å²) in [5.74, 6) is -0.735. The molecular formula is C13H12N2O4S. The standard InChI is InChI=1S/C13H12N2O4S/c16-11(17)6-15(8-3-4-8)13(18)9-7-20-12(14-9)10-2-1-5-19-10/h1-2,5,7-8H,3-4,6H2,(H,16,17). The van der Waals surface area contributed by atoms with Gasteiger partial charge in [-0.1, -0.05) is 0 Å². The molecule has 6 nitrogen and oxygen atoms in total. The summed E-state index contributed by atoms with van der Waals surface area (Å²) in [4.78, 5) is 28.8. The van der Waals surface area contributed by atoms with E-state index >= 15 is 0 Å². The van der Waals surface area contributed by atoms with Crippen molar-refractivity contribution >= 4 is 23.2 Å². The van der Waals surface area contributed by atoms with Crippen LogP contribution in [0.3, 0.4) is 0 Å². The van der Waals surface area contributed by atoms with Crippen LogP contribution in [0.4, 0.5) is 0 Å². The highest BCUT2D eigenvalue weighted by molar-refractivity contribution is 7.13. The summed E-state index contributed by atoms with van der Waals surface area (Å²) in [6, 6.07) is 3.55. The van der Waals surface area contributed by atoms with E-state index in [9.17, 15) is 9.59 Å². The Labute approximate surface area is 118 Å². The van der Waals surface area contributed by atoms with E-state index in [-0.39, 0.29) is 24.2 Å². The minimum atomic E-state index is -1.01. The van der Waals surface area contributed by atoms with Gasteiger partial charge in [-0.15, -0.1) is 11.3 Å². The molecule has 2 aromatic heterocycles. The molecule has 0 atom stereocenters. The lowest BCUT2D eigenvalue weighted by Gasteiger charge is -2.18. The lowest BCUT2D eigenvalue weighted by atomic mass is 10.3. The zero-order chi connectivity index (χ0) is 14.1. The van der Waals surface area contributed by atoms with Gasteiger partial charge >= 0.3 is 5.97 Å². The number of carboxylic acids is 1. The molecule has 1 saturated carbocycles. The number of hydrogen-bond acceptors (Lipinski definition) is 5. The SMILES string of the molecule is O=C(O)CN(C(=O)c1csc(-c2ccco2)n1)C1CC1. The predicted octanol–water partition coefficient (Wildman–Crippen LogP) is 2.09. The van der Waals surface area contributed by atoms with Gasteiger partial charge in [0, 0.05) is 11.4 Å². The number of aromatic nitrogens is 1. The molecule has 1 aliphatic carbocycles. The second-order valence-electron chi connectivity index (χ2n) is 4.57. The predicted molar refractivity (Wildman–Crippen MR) is 71.5 cm³/mol. The number of thiazole rings is 1. The van der Waals surface area contributed by atoms with Crippen molar-refractivity contribution in [3.05, 3.63) is 29.5 Å². The van der Waals surface area contributed by atoms with Gasteiger partial charge in [0.25, 0.3) is 5.91 Å². The second-order valence-corrected chi connectivity index (χ2v) is 5.43. The van der Waals surface area contributed by atoms with Gasteiger partial charge in [0.1, 0.15) is 12.2 Å². The Morgan fingerprint density at radius 1 is 1.50 bits per heavy atom. The molecule has 20 heavy (non-hydrogen) atoms. The number of nitrogens with zero attached hydrogens (tertiary/aromatic N) is 2. The Balaban J connectivity index is 1.80. The molecule has 0 saturated heterocycles. The highest BCUT2D eigenvalue weighted by Crippen LogP contribution is 2.29. The highest BCUT2D eigenvalue weighted by atomic mass is 32.1. The number of carboxylic acid groups (broad SMARTS) is 1. The van der Waals surface area contributed by atoms with Crippen molar-refractivity contribution in [1.82, 2.24) is 9.88 Å². The Bertz CT molecular complexity index is 631. The molecule has 1 N–H and O–H groups in total. The molecule has 0 spiro atoms. The number of furan rings is 1. The van der Waals surface area contributed by atoms with Crippen molar-refractivity contribution in [2.45, 2.75) is 18.9 Å². The number of carbonyl (C=O) groups excluding carboxylic acids is 1. The summed E-state index contributed by atoms with van der Waals surface area (Å²) in [6.45, 7) is -0.281. The van der Waals surface area contributed by atoms with Gasteiger partial charge in [0.2, 0.25) is 0 Å². The van der Waals surface area contributed by atoms with E-state index in [1.54, 1.807) is 23.8 Å². The first-order valence-electron chi connectivity index (χ1n) is 6.17. The highest BCUT2D eigenvalue weighted by Gasteiger charge is 2.35. The van der Waals surface area contributed by atoms with Crippen LogP contribution in [0.15, 0.2) is 28.2 Å². The van der Waals surface area contributed by atoms with Gasteiger partial charge < -0.3 is 14.4 Å².